The van der Waals surface area contributed by atoms with Crippen molar-refractivity contribution in [1.82, 2.24) is 5.32 Å². The minimum Gasteiger partial charge on any atom is -0.444 e. The molecule has 2 atom stereocenters. The molecule has 1 N–H and O–H groups in total. The van der Waals surface area contributed by atoms with Crippen LogP contribution in [0.25, 0.3) is 0 Å². The third-order valence-electron chi connectivity index (χ3n) is 2.82. The van der Waals surface area contributed by atoms with Crippen molar-refractivity contribution >= 4 is 6.09 Å². The van der Waals surface area contributed by atoms with Crippen LogP contribution in [0.3, 0.4) is 0 Å². The lowest BCUT2D eigenvalue weighted by atomic mass is 9.85. The monoisotopic (exact) mass is 225 g/mol. The van der Waals surface area contributed by atoms with E-state index in [9.17, 15) is 4.79 Å². The second-order valence-corrected chi connectivity index (χ2v) is 5.44. The maximum absolute atomic E-state index is 11.6. The summed E-state index contributed by atoms with van der Waals surface area (Å²) < 4.78 is 5.25. The van der Waals surface area contributed by atoms with E-state index in [0.717, 1.165) is 12.8 Å². The number of hydrogen-bond acceptors (Lipinski definition) is 2. The number of carbonyl (C=O) groups excluding carboxylic acids is 1. The third-order valence-corrected chi connectivity index (χ3v) is 2.82. The smallest absolute Gasteiger partial charge is 0.407 e. The average Bonchev–Trinajstić information content (AvgIpc) is 2.15. The Morgan fingerprint density at radius 2 is 2.00 bits per heavy atom. The Balaban J connectivity index is 2.45. The number of amides is 1. The quantitative estimate of drug-likeness (QED) is 0.732. The highest BCUT2D eigenvalue weighted by molar-refractivity contribution is 5.68. The molecule has 0 aromatic heterocycles. The lowest BCUT2D eigenvalue weighted by Crippen LogP contribution is -2.43. The molecule has 0 spiro atoms. The summed E-state index contributed by atoms with van der Waals surface area (Å²) >= 11 is 0. The highest BCUT2D eigenvalue weighted by Gasteiger charge is 2.26. The molecule has 0 unspecified atom stereocenters. The van der Waals surface area contributed by atoms with Gasteiger partial charge in [-0.3, -0.25) is 0 Å². The summed E-state index contributed by atoms with van der Waals surface area (Å²) in [5.41, 5.74) is -0.428. The first-order chi connectivity index (χ1) is 7.42. The minimum atomic E-state index is -0.428. The van der Waals surface area contributed by atoms with Crippen LogP contribution in [0.4, 0.5) is 4.79 Å². The van der Waals surface area contributed by atoms with Crippen molar-refractivity contribution in [2.24, 2.45) is 5.92 Å². The zero-order chi connectivity index (χ0) is 12.2. The number of alkyl carbamates (subject to hydrolysis) is 1. The molecule has 1 rings (SSSR count). The van der Waals surface area contributed by atoms with E-state index in [2.05, 4.69) is 11.9 Å². The van der Waals surface area contributed by atoms with Crippen molar-refractivity contribution in [2.75, 3.05) is 0 Å². The van der Waals surface area contributed by atoms with Gasteiger partial charge in [0, 0.05) is 6.04 Å². The Labute approximate surface area is 98.2 Å². The van der Waals surface area contributed by atoms with Crippen molar-refractivity contribution in [1.29, 1.82) is 0 Å². The molecule has 0 bridgehead atoms. The summed E-state index contributed by atoms with van der Waals surface area (Å²) in [6.45, 7) is 9.44. The first-order valence-corrected chi connectivity index (χ1v) is 6.04. The summed E-state index contributed by atoms with van der Waals surface area (Å²) in [5, 5.41) is 2.94. The highest BCUT2D eigenvalue weighted by Crippen LogP contribution is 2.25. The van der Waals surface area contributed by atoms with Crippen molar-refractivity contribution in [3.8, 4) is 0 Å². The Bertz CT molecular complexity index is 255. The van der Waals surface area contributed by atoms with Gasteiger partial charge < -0.3 is 10.1 Å². The number of ether oxygens (including phenoxy) is 1. The molecule has 0 heterocycles. The van der Waals surface area contributed by atoms with Gasteiger partial charge in [0.2, 0.25) is 0 Å². The van der Waals surface area contributed by atoms with E-state index in [0.29, 0.717) is 5.92 Å². The lowest BCUT2D eigenvalue weighted by Gasteiger charge is -2.31. The Kier molecular flexibility index (Phi) is 4.39. The standard InChI is InChI=1S/C13H23NO2/c1-5-10-8-6-7-9-11(10)14-12(15)16-13(2,3)4/h5,10-11H,1,6-9H2,2-4H3,(H,14,15)/t10-,11-/m0/s1. The Hall–Kier alpha value is -0.990. The van der Waals surface area contributed by atoms with Gasteiger partial charge in [-0.25, -0.2) is 4.79 Å². The Morgan fingerprint density at radius 1 is 1.38 bits per heavy atom. The van der Waals surface area contributed by atoms with Crippen LogP contribution in [0.15, 0.2) is 12.7 Å². The van der Waals surface area contributed by atoms with Crippen LogP contribution >= 0.6 is 0 Å². The molecule has 1 aliphatic carbocycles. The van der Waals surface area contributed by atoms with Gasteiger partial charge >= 0.3 is 6.09 Å². The molecule has 3 nitrogen and oxygen atoms in total. The summed E-state index contributed by atoms with van der Waals surface area (Å²) in [7, 11) is 0. The number of nitrogens with one attached hydrogen (secondary N) is 1. The van der Waals surface area contributed by atoms with E-state index in [1.807, 2.05) is 26.8 Å². The van der Waals surface area contributed by atoms with E-state index in [1.165, 1.54) is 12.8 Å². The van der Waals surface area contributed by atoms with Crippen LogP contribution in [0, 0.1) is 5.92 Å². The van der Waals surface area contributed by atoms with Crippen LogP contribution in [0.5, 0.6) is 0 Å². The molecule has 1 amide bonds. The first kappa shape index (κ1) is 13.1. The topological polar surface area (TPSA) is 38.3 Å². The van der Waals surface area contributed by atoms with Crippen LogP contribution in [0.2, 0.25) is 0 Å². The molecule has 0 radical (unpaired) electrons. The van der Waals surface area contributed by atoms with Crippen LogP contribution in [0.1, 0.15) is 46.5 Å². The van der Waals surface area contributed by atoms with Crippen molar-refractivity contribution in [3.05, 3.63) is 12.7 Å². The van der Waals surface area contributed by atoms with Gasteiger partial charge in [-0.1, -0.05) is 18.9 Å². The lowest BCUT2D eigenvalue weighted by molar-refractivity contribution is 0.0479. The molecule has 0 saturated heterocycles. The van der Waals surface area contributed by atoms with Gasteiger partial charge in [-0.2, -0.15) is 0 Å². The molecule has 0 aromatic carbocycles. The maximum atomic E-state index is 11.6. The SMILES string of the molecule is C=C[C@H]1CCCC[C@@H]1NC(=O)OC(C)(C)C. The molecular weight excluding hydrogens is 202 g/mol. The molecular formula is C13H23NO2. The largest absolute Gasteiger partial charge is 0.444 e. The van der Waals surface area contributed by atoms with E-state index in [-0.39, 0.29) is 12.1 Å². The van der Waals surface area contributed by atoms with Gasteiger partial charge in [0.05, 0.1) is 0 Å². The summed E-state index contributed by atoms with van der Waals surface area (Å²) in [5.74, 6) is 0.390. The minimum absolute atomic E-state index is 0.195. The molecule has 1 fully saturated rings. The zero-order valence-corrected chi connectivity index (χ0v) is 10.6. The predicted octanol–water partition coefficient (Wildman–Crippen LogP) is 3.26. The van der Waals surface area contributed by atoms with Crippen molar-refractivity contribution < 1.29 is 9.53 Å². The first-order valence-electron chi connectivity index (χ1n) is 6.04. The molecule has 1 aliphatic rings. The molecule has 1 saturated carbocycles. The zero-order valence-electron chi connectivity index (χ0n) is 10.6. The van der Waals surface area contributed by atoms with E-state index >= 15 is 0 Å². The van der Waals surface area contributed by atoms with Gasteiger partial charge in [-0.05, 0) is 39.5 Å². The third kappa shape index (κ3) is 4.25. The summed E-state index contributed by atoms with van der Waals surface area (Å²) in [6, 6.07) is 0.195. The molecule has 0 aliphatic heterocycles. The van der Waals surface area contributed by atoms with Crippen molar-refractivity contribution in [3.63, 3.8) is 0 Å². The fourth-order valence-corrected chi connectivity index (χ4v) is 2.08. The molecule has 0 aromatic rings. The maximum Gasteiger partial charge on any atom is 0.407 e. The van der Waals surface area contributed by atoms with Gasteiger partial charge in [-0.15, -0.1) is 6.58 Å². The van der Waals surface area contributed by atoms with Crippen molar-refractivity contribution in [2.45, 2.75) is 58.1 Å². The average molecular weight is 225 g/mol. The molecule has 92 valence electrons. The fourth-order valence-electron chi connectivity index (χ4n) is 2.08. The van der Waals surface area contributed by atoms with Crippen LogP contribution in [-0.2, 0) is 4.74 Å². The van der Waals surface area contributed by atoms with Crippen LogP contribution in [-0.4, -0.2) is 17.7 Å². The summed E-state index contributed by atoms with van der Waals surface area (Å²) in [4.78, 5) is 11.6. The molecule has 16 heavy (non-hydrogen) atoms. The van der Waals surface area contributed by atoms with E-state index in [4.69, 9.17) is 4.74 Å². The summed E-state index contributed by atoms with van der Waals surface area (Å²) in [6.07, 6.45) is 6.17. The highest BCUT2D eigenvalue weighted by atomic mass is 16.6. The predicted molar refractivity (Wildman–Crippen MR) is 65.3 cm³/mol. The van der Waals surface area contributed by atoms with Crippen LogP contribution < -0.4 is 5.32 Å². The van der Waals surface area contributed by atoms with E-state index in [1.54, 1.807) is 0 Å². The number of rotatable bonds is 2. The second kappa shape index (κ2) is 5.37. The van der Waals surface area contributed by atoms with Gasteiger partial charge in [0.25, 0.3) is 0 Å². The molecule has 3 heteroatoms. The number of carbonyl (C=O) groups is 1. The van der Waals surface area contributed by atoms with Gasteiger partial charge in [0.15, 0.2) is 0 Å². The number of hydrogen-bond donors (Lipinski definition) is 1. The Morgan fingerprint density at radius 3 is 2.56 bits per heavy atom. The normalized spacial score (nSPS) is 25.9. The fraction of sp³-hybridized carbons (Fsp3) is 0.769. The second-order valence-electron chi connectivity index (χ2n) is 5.44. The van der Waals surface area contributed by atoms with E-state index < -0.39 is 5.60 Å². The van der Waals surface area contributed by atoms with Gasteiger partial charge in [0.1, 0.15) is 5.60 Å².